The Morgan fingerprint density at radius 2 is 2.05 bits per heavy atom. The largest absolute Gasteiger partial charge is 0.494 e. The molecular formula is C15H12ClIN2O. The minimum Gasteiger partial charge on any atom is -0.494 e. The number of anilines is 1. The Bertz CT molecular complexity index is 820. The van der Waals surface area contributed by atoms with Crippen LogP contribution in [0, 0.1) is 3.57 Å². The van der Waals surface area contributed by atoms with E-state index in [0.717, 1.165) is 31.1 Å². The van der Waals surface area contributed by atoms with Crippen LogP contribution in [-0.4, -0.2) is 11.6 Å². The average molecular weight is 399 g/mol. The van der Waals surface area contributed by atoms with Gasteiger partial charge in [0.05, 0.1) is 26.2 Å². The van der Waals surface area contributed by atoms with Gasteiger partial charge < -0.3 is 10.5 Å². The van der Waals surface area contributed by atoms with Crippen LogP contribution in [0.3, 0.4) is 0 Å². The van der Waals surface area contributed by atoms with Gasteiger partial charge in [-0.2, -0.15) is 0 Å². The van der Waals surface area contributed by atoms with E-state index < -0.39 is 0 Å². The smallest absolute Gasteiger partial charge is 0.120 e. The first-order chi connectivity index (χ1) is 9.61. The molecule has 3 nitrogen and oxygen atoms in total. The van der Waals surface area contributed by atoms with Gasteiger partial charge in [-0.3, -0.25) is 0 Å². The van der Waals surface area contributed by atoms with Gasteiger partial charge in [0.25, 0.3) is 0 Å². The van der Waals surface area contributed by atoms with Gasteiger partial charge in [-0.05, 0) is 59.8 Å². The van der Waals surface area contributed by atoms with Crippen molar-refractivity contribution in [3.8, 4) is 5.75 Å². The van der Waals surface area contributed by atoms with Crippen LogP contribution in [0.4, 0.5) is 5.69 Å². The molecule has 3 rings (SSSR count). The number of nitrogens with two attached hydrogens (primary N) is 1. The molecule has 0 radical (unpaired) electrons. The zero-order chi connectivity index (χ0) is 14.3. The fraction of sp³-hybridized carbons (Fsp3) is 0.133. The van der Waals surface area contributed by atoms with E-state index >= 15 is 0 Å². The molecular weight excluding hydrogens is 387 g/mol. The number of nitrogen functional groups attached to an aromatic ring is 1. The van der Waals surface area contributed by atoms with Crippen molar-refractivity contribution < 1.29 is 4.74 Å². The monoisotopic (exact) mass is 398 g/mol. The summed E-state index contributed by atoms with van der Waals surface area (Å²) in [4.78, 5) is 4.67. The number of rotatable bonds is 2. The lowest BCUT2D eigenvalue weighted by atomic mass is 10.1. The second-order valence-electron chi connectivity index (χ2n) is 4.40. The predicted octanol–water partition coefficient (Wildman–Crippen LogP) is 4.63. The summed E-state index contributed by atoms with van der Waals surface area (Å²) in [7, 11) is 0. The Hall–Kier alpha value is -1.27. The van der Waals surface area contributed by atoms with E-state index in [0.29, 0.717) is 17.3 Å². The van der Waals surface area contributed by atoms with E-state index in [2.05, 4.69) is 27.6 Å². The molecule has 3 aromatic rings. The van der Waals surface area contributed by atoms with E-state index in [1.54, 1.807) is 0 Å². The summed E-state index contributed by atoms with van der Waals surface area (Å²) in [5.74, 6) is 0.799. The van der Waals surface area contributed by atoms with E-state index in [1.807, 2.05) is 37.3 Å². The van der Waals surface area contributed by atoms with E-state index in [4.69, 9.17) is 22.1 Å². The molecule has 0 bridgehead atoms. The molecule has 2 aromatic carbocycles. The van der Waals surface area contributed by atoms with Crippen LogP contribution in [0.15, 0.2) is 30.3 Å². The summed E-state index contributed by atoms with van der Waals surface area (Å²) in [5, 5.41) is 2.49. The topological polar surface area (TPSA) is 48.1 Å². The van der Waals surface area contributed by atoms with Crippen molar-refractivity contribution in [2.75, 3.05) is 12.3 Å². The van der Waals surface area contributed by atoms with E-state index in [1.165, 1.54) is 0 Å². The van der Waals surface area contributed by atoms with Crippen molar-refractivity contribution in [3.05, 3.63) is 38.9 Å². The van der Waals surface area contributed by atoms with Crippen molar-refractivity contribution >= 4 is 61.7 Å². The molecule has 0 saturated heterocycles. The molecule has 1 heterocycles. The third kappa shape index (κ3) is 2.16. The Balaban J connectivity index is 2.38. The van der Waals surface area contributed by atoms with Gasteiger partial charge >= 0.3 is 0 Å². The highest BCUT2D eigenvalue weighted by atomic mass is 127. The second kappa shape index (κ2) is 5.26. The fourth-order valence-electron chi connectivity index (χ4n) is 2.18. The molecule has 0 fully saturated rings. The molecule has 0 saturated carbocycles. The van der Waals surface area contributed by atoms with Crippen LogP contribution in [0.2, 0.25) is 5.02 Å². The quantitative estimate of drug-likeness (QED) is 0.389. The molecule has 2 N–H and O–H groups in total. The molecule has 1 aromatic heterocycles. The first-order valence-electron chi connectivity index (χ1n) is 6.21. The fourth-order valence-corrected chi connectivity index (χ4v) is 3.07. The number of nitrogens with zero attached hydrogens (tertiary/aromatic N) is 1. The lowest BCUT2D eigenvalue weighted by Crippen LogP contribution is -1.95. The summed E-state index contributed by atoms with van der Waals surface area (Å²) in [6.45, 7) is 2.58. The highest BCUT2D eigenvalue weighted by molar-refractivity contribution is 14.1. The van der Waals surface area contributed by atoms with Gasteiger partial charge in [-0.15, -0.1) is 0 Å². The normalized spacial score (nSPS) is 11.2. The number of fused-ring (bicyclic) bond motifs is 2. The van der Waals surface area contributed by atoms with Crippen molar-refractivity contribution in [2.24, 2.45) is 0 Å². The highest BCUT2D eigenvalue weighted by Gasteiger charge is 2.12. The summed E-state index contributed by atoms with van der Waals surface area (Å²) >= 11 is 8.73. The molecule has 0 aliphatic rings. The number of ether oxygens (including phenoxy) is 1. The zero-order valence-electron chi connectivity index (χ0n) is 10.8. The highest BCUT2D eigenvalue weighted by Crippen LogP contribution is 2.35. The summed E-state index contributed by atoms with van der Waals surface area (Å²) < 4.78 is 6.44. The van der Waals surface area contributed by atoms with E-state index in [9.17, 15) is 0 Å². The Morgan fingerprint density at radius 3 is 2.80 bits per heavy atom. The maximum atomic E-state index is 6.53. The zero-order valence-corrected chi connectivity index (χ0v) is 13.7. The van der Waals surface area contributed by atoms with Crippen molar-refractivity contribution in [2.45, 2.75) is 6.92 Å². The second-order valence-corrected chi connectivity index (χ2v) is 5.86. The number of halogens is 2. The van der Waals surface area contributed by atoms with E-state index in [-0.39, 0.29) is 0 Å². The van der Waals surface area contributed by atoms with Crippen LogP contribution in [-0.2, 0) is 0 Å². The molecule has 0 spiro atoms. The standard InChI is InChI=1S/C15H12ClIN2O/c1-2-20-8-3-6-12-10(7-8)13(16)9-4-5-11(18)14(17)15(9)19-12/h3-7H,2,18H2,1H3. The van der Waals surface area contributed by atoms with Gasteiger partial charge in [0.1, 0.15) is 5.75 Å². The Morgan fingerprint density at radius 1 is 1.25 bits per heavy atom. The van der Waals surface area contributed by atoms with Crippen molar-refractivity contribution in [1.82, 2.24) is 4.98 Å². The molecule has 0 amide bonds. The predicted molar refractivity (Wildman–Crippen MR) is 92.6 cm³/mol. The minimum atomic E-state index is 0.624. The van der Waals surface area contributed by atoms with Crippen molar-refractivity contribution in [1.29, 1.82) is 0 Å². The van der Waals surface area contributed by atoms with Crippen LogP contribution >= 0.6 is 34.2 Å². The van der Waals surface area contributed by atoms with Gasteiger partial charge in [0, 0.05) is 16.5 Å². The molecule has 102 valence electrons. The number of hydrogen-bond acceptors (Lipinski definition) is 3. The number of pyridine rings is 1. The Kier molecular flexibility index (Phi) is 3.60. The summed E-state index contributed by atoms with van der Waals surface area (Å²) in [6, 6.07) is 9.52. The lowest BCUT2D eigenvalue weighted by Gasteiger charge is -2.10. The Labute approximate surface area is 135 Å². The van der Waals surface area contributed by atoms with Gasteiger partial charge in [-0.25, -0.2) is 4.98 Å². The molecule has 0 aliphatic heterocycles. The molecule has 0 unspecified atom stereocenters. The average Bonchev–Trinajstić information content (AvgIpc) is 2.45. The maximum Gasteiger partial charge on any atom is 0.120 e. The lowest BCUT2D eigenvalue weighted by molar-refractivity contribution is 0.340. The van der Waals surface area contributed by atoms with Crippen LogP contribution in [0.25, 0.3) is 21.8 Å². The van der Waals surface area contributed by atoms with Gasteiger partial charge in [-0.1, -0.05) is 11.6 Å². The summed E-state index contributed by atoms with van der Waals surface area (Å²) in [6.07, 6.45) is 0. The third-order valence-electron chi connectivity index (χ3n) is 3.13. The molecule has 0 aliphatic carbocycles. The molecule has 20 heavy (non-hydrogen) atoms. The van der Waals surface area contributed by atoms with Crippen LogP contribution in [0.1, 0.15) is 6.92 Å². The first-order valence-corrected chi connectivity index (χ1v) is 7.67. The summed E-state index contributed by atoms with van der Waals surface area (Å²) in [5.41, 5.74) is 8.33. The van der Waals surface area contributed by atoms with Gasteiger partial charge in [0.2, 0.25) is 0 Å². The van der Waals surface area contributed by atoms with Gasteiger partial charge in [0.15, 0.2) is 0 Å². The first kappa shape index (κ1) is 13.7. The molecule has 5 heteroatoms. The number of aromatic nitrogens is 1. The van der Waals surface area contributed by atoms with Crippen LogP contribution < -0.4 is 10.5 Å². The molecule has 0 atom stereocenters. The van der Waals surface area contributed by atoms with Crippen molar-refractivity contribution in [3.63, 3.8) is 0 Å². The number of benzene rings is 2. The third-order valence-corrected chi connectivity index (χ3v) is 4.67. The number of hydrogen-bond donors (Lipinski definition) is 1. The van der Waals surface area contributed by atoms with Crippen LogP contribution in [0.5, 0.6) is 5.75 Å². The SMILES string of the molecule is CCOc1ccc2nc3c(I)c(N)ccc3c(Cl)c2c1. The maximum absolute atomic E-state index is 6.53. The minimum absolute atomic E-state index is 0.624.